The van der Waals surface area contributed by atoms with Crippen LogP contribution in [0.15, 0.2) is 48.5 Å². The van der Waals surface area contributed by atoms with Gasteiger partial charge in [0.05, 0.1) is 0 Å². The van der Waals surface area contributed by atoms with Crippen LogP contribution < -0.4 is 9.47 Å². The minimum Gasteiger partial charge on any atom is -0.454 e. The lowest BCUT2D eigenvalue weighted by Gasteiger charge is -1.99. The van der Waals surface area contributed by atoms with Crippen LogP contribution in [0.4, 0.5) is 0 Å². The van der Waals surface area contributed by atoms with E-state index < -0.39 is 0 Å². The van der Waals surface area contributed by atoms with Crippen LogP contribution in [0.2, 0.25) is 5.02 Å². The van der Waals surface area contributed by atoms with Crippen molar-refractivity contribution >= 4 is 23.5 Å². The Morgan fingerprint density at radius 1 is 1.10 bits per heavy atom. The summed E-state index contributed by atoms with van der Waals surface area (Å²) in [5.41, 5.74) is 1.64. The fourth-order valence-corrected chi connectivity index (χ4v) is 2.20. The summed E-state index contributed by atoms with van der Waals surface area (Å²) in [7, 11) is 0. The molecule has 4 heteroatoms. The van der Waals surface area contributed by atoms with Crippen LogP contribution in [0.25, 0.3) is 6.08 Å². The maximum atomic E-state index is 12.0. The highest BCUT2D eigenvalue weighted by atomic mass is 35.5. The summed E-state index contributed by atoms with van der Waals surface area (Å²) in [5, 5.41) is 0.627. The molecule has 0 bridgehead atoms. The topological polar surface area (TPSA) is 35.5 Å². The van der Waals surface area contributed by atoms with Crippen molar-refractivity contribution in [1.29, 1.82) is 0 Å². The molecule has 0 N–H and O–H groups in total. The molecule has 0 atom stereocenters. The third-order valence-electron chi connectivity index (χ3n) is 3.18. The zero-order valence-electron chi connectivity index (χ0n) is 11.2. The quantitative estimate of drug-likeness (QED) is 0.787. The summed E-state index contributed by atoms with van der Waals surface area (Å²) in [6.45, 7) is 0.261. The summed E-state index contributed by atoms with van der Waals surface area (Å²) in [6, 6.07) is 12.6. The summed E-state index contributed by atoms with van der Waals surface area (Å²) >= 11 is 5.80. The van der Waals surface area contributed by atoms with E-state index >= 15 is 0 Å². The van der Waals surface area contributed by atoms with Gasteiger partial charge in [0.25, 0.3) is 0 Å². The van der Waals surface area contributed by atoms with Crippen molar-refractivity contribution in [1.82, 2.24) is 0 Å². The lowest BCUT2D eigenvalue weighted by Crippen LogP contribution is -1.96. The zero-order valence-corrected chi connectivity index (χ0v) is 12.0. The van der Waals surface area contributed by atoms with Crippen LogP contribution >= 0.6 is 11.6 Å². The van der Waals surface area contributed by atoms with Crippen LogP contribution in [0.3, 0.4) is 0 Å². The summed E-state index contributed by atoms with van der Waals surface area (Å²) < 4.78 is 10.6. The Kier molecular flexibility index (Phi) is 3.93. The van der Waals surface area contributed by atoms with Crippen molar-refractivity contribution < 1.29 is 14.3 Å². The molecule has 1 aliphatic heterocycles. The molecule has 2 aromatic carbocycles. The molecule has 0 saturated heterocycles. The first kappa shape index (κ1) is 13.7. The van der Waals surface area contributed by atoms with Gasteiger partial charge in [-0.05, 0) is 42.0 Å². The van der Waals surface area contributed by atoms with E-state index in [4.69, 9.17) is 21.1 Å². The number of ketones is 1. The van der Waals surface area contributed by atoms with Crippen LogP contribution in [-0.2, 0) is 0 Å². The molecule has 0 aliphatic carbocycles. The van der Waals surface area contributed by atoms with E-state index in [1.807, 2.05) is 30.4 Å². The maximum absolute atomic E-state index is 12.0. The van der Waals surface area contributed by atoms with Crippen LogP contribution in [0.1, 0.15) is 22.3 Å². The number of allylic oxidation sites excluding steroid dienone is 1. The first-order valence-electron chi connectivity index (χ1n) is 6.57. The molecular weight excluding hydrogens is 288 g/mol. The van der Waals surface area contributed by atoms with Crippen molar-refractivity contribution in [2.24, 2.45) is 0 Å². The number of ether oxygens (including phenoxy) is 2. The number of carbonyl (C=O) groups excluding carboxylic acids is 1. The van der Waals surface area contributed by atoms with E-state index in [1.54, 1.807) is 24.3 Å². The third-order valence-corrected chi connectivity index (χ3v) is 3.43. The van der Waals surface area contributed by atoms with Crippen LogP contribution in [0, 0.1) is 0 Å². The molecule has 0 unspecified atom stereocenters. The molecule has 0 amide bonds. The Morgan fingerprint density at radius 2 is 1.86 bits per heavy atom. The Balaban J connectivity index is 1.64. The third kappa shape index (κ3) is 3.26. The second-order valence-electron chi connectivity index (χ2n) is 4.65. The minimum atomic E-state index is 0.0589. The molecule has 3 nitrogen and oxygen atoms in total. The number of benzene rings is 2. The molecule has 0 spiro atoms. The Labute approximate surface area is 127 Å². The van der Waals surface area contributed by atoms with Gasteiger partial charge < -0.3 is 9.47 Å². The minimum absolute atomic E-state index is 0.0589. The van der Waals surface area contributed by atoms with Crippen LogP contribution in [0.5, 0.6) is 11.5 Å². The summed E-state index contributed by atoms with van der Waals surface area (Å²) in [6.07, 6.45) is 4.08. The van der Waals surface area contributed by atoms with Gasteiger partial charge in [-0.15, -0.1) is 0 Å². The van der Waals surface area contributed by atoms with E-state index in [9.17, 15) is 4.79 Å². The average molecular weight is 301 g/mol. The maximum Gasteiger partial charge on any atom is 0.231 e. The van der Waals surface area contributed by atoms with E-state index in [1.165, 1.54) is 0 Å². The molecule has 1 heterocycles. The van der Waals surface area contributed by atoms with Crippen molar-refractivity contribution in [2.75, 3.05) is 6.79 Å². The number of hydrogen-bond acceptors (Lipinski definition) is 3. The monoisotopic (exact) mass is 300 g/mol. The van der Waals surface area contributed by atoms with Gasteiger partial charge in [0.2, 0.25) is 6.79 Å². The standard InChI is InChI=1S/C17H13ClO3/c18-14-7-5-13(6-8-14)15(19)3-1-2-12-4-9-16-17(10-12)21-11-20-16/h1-2,4-10H,3,11H2. The Hall–Kier alpha value is -2.26. The smallest absolute Gasteiger partial charge is 0.231 e. The Morgan fingerprint density at radius 3 is 2.67 bits per heavy atom. The van der Waals surface area contributed by atoms with Gasteiger partial charge in [-0.3, -0.25) is 4.79 Å². The van der Waals surface area contributed by atoms with Crippen molar-refractivity contribution in [2.45, 2.75) is 6.42 Å². The van der Waals surface area contributed by atoms with E-state index in [2.05, 4.69) is 0 Å². The number of rotatable bonds is 4. The Bertz CT molecular complexity index is 690. The number of hydrogen-bond donors (Lipinski definition) is 0. The largest absolute Gasteiger partial charge is 0.454 e. The molecule has 3 rings (SSSR count). The van der Waals surface area contributed by atoms with Gasteiger partial charge in [-0.1, -0.05) is 29.8 Å². The molecule has 1 aliphatic rings. The normalized spacial score (nSPS) is 12.8. The highest BCUT2D eigenvalue weighted by Crippen LogP contribution is 2.32. The first-order chi connectivity index (χ1) is 10.2. The lowest BCUT2D eigenvalue weighted by atomic mass is 10.1. The summed E-state index contributed by atoms with van der Waals surface area (Å²) in [4.78, 5) is 12.0. The van der Waals surface area contributed by atoms with Crippen molar-refractivity contribution in [3.63, 3.8) is 0 Å². The molecule has 0 aromatic heterocycles. The van der Waals surface area contributed by atoms with Gasteiger partial charge in [0, 0.05) is 17.0 Å². The fourth-order valence-electron chi connectivity index (χ4n) is 2.07. The van der Waals surface area contributed by atoms with E-state index in [0.717, 1.165) is 17.1 Å². The highest BCUT2D eigenvalue weighted by molar-refractivity contribution is 6.30. The zero-order chi connectivity index (χ0) is 14.7. The number of Topliss-reactive ketones (excluding diaryl/α,β-unsaturated/α-hetero) is 1. The highest BCUT2D eigenvalue weighted by Gasteiger charge is 2.12. The SMILES string of the molecule is O=C(CC=Cc1ccc2c(c1)OCO2)c1ccc(Cl)cc1. The second kappa shape index (κ2) is 6.02. The van der Waals surface area contributed by atoms with Gasteiger partial charge >= 0.3 is 0 Å². The first-order valence-corrected chi connectivity index (χ1v) is 6.95. The van der Waals surface area contributed by atoms with Gasteiger partial charge in [-0.2, -0.15) is 0 Å². The van der Waals surface area contributed by atoms with E-state index in [0.29, 0.717) is 17.0 Å². The van der Waals surface area contributed by atoms with Crippen molar-refractivity contribution in [3.8, 4) is 11.5 Å². The molecule has 0 fully saturated rings. The average Bonchev–Trinajstić information content (AvgIpc) is 2.95. The molecular formula is C17H13ClO3. The van der Waals surface area contributed by atoms with Gasteiger partial charge in [0.15, 0.2) is 17.3 Å². The molecule has 0 saturated carbocycles. The summed E-state index contributed by atoms with van der Waals surface area (Å²) in [5.74, 6) is 1.55. The predicted molar refractivity (Wildman–Crippen MR) is 82.0 cm³/mol. The lowest BCUT2D eigenvalue weighted by molar-refractivity contribution is 0.0996. The van der Waals surface area contributed by atoms with Crippen molar-refractivity contribution in [3.05, 3.63) is 64.7 Å². The molecule has 106 valence electrons. The van der Waals surface area contributed by atoms with Gasteiger partial charge in [-0.25, -0.2) is 0 Å². The number of halogens is 1. The molecule has 21 heavy (non-hydrogen) atoms. The predicted octanol–water partition coefficient (Wildman–Crippen LogP) is 4.35. The number of fused-ring (bicyclic) bond motifs is 1. The number of carbonyl (C=O) groups is 1. The fraction of sp³-hybridized carbons (Fsp3) is 0.118. The van der Waals surface area contributed by atoms with E-state index in [-0.39, 0.29) is 12.6 Å². The molecule has 0 radical (unpaired) electrons. The second-order valence-corrected chi connectivity index (χ2v) is 5.09. The molecule has 2 aromatic rings. The van der Waals surface area contributed by atoms with Gasteiger partial charge in [0.1, 0.15) is 0 Å². The van der Waals surface area contributed by atoms with Crippen LogP contribution in [-0.4, -0.2) is 12.6 Å².